The predicted octanol–water partition coefficient (Wildman–Crippen LogP) is 5.82. The van der Waals surface area contributed by atoms with E-state index in [4.69, 9.17) is 14.2 Å². The summed E-state index contributed by atoms with van der Waals surface area (Å²) in [4.78, 5) is 31.2. The van der Waals surface area contributed by atoms with Crippen LogP contribution in [0.5, 0.6) is 11.5 Å². The van der Waals surface area contributed by atoms with Crippen molar-refractivity contribution in [2.75, 3.05) is 20.8 Å². The van der Waals surface area contributed by atoms with E-state index in [9.17, 15) is 14.0 Å². The standard InChI is InChI=1S/C28H25FN2O5S/c1-4-35-27(33)20-8-12-22(13-9-20)30-28-31(2)26(32)25(37-28)16-19-7-14-23(24(15-19)34-3)36-17-18-5-10-21(29)11-6-18/h5-16H,4,17H2,1-3H3/b25-16-,30-28?. The highest BCUT2D eigenvalue weighted by molar-refractivity contribution is 8.18. The van der Waals surface area contributed by atoms with E-state index in [1.165, 1.54) is 35.9 Å². The number of aliphatic imine (C=N–C) groups is 1. The van der Waals surface area contributed by atoms with Gasteiger partial charge in [0.1, 0.15) is 12.4 Å². The highest BCUT2D eigenvalue weighted by Gasteiger charge is 2.30. The molecule has 1 heterocycles. The topological polar surface area (TPSA) is 77.4 Å². The Bertz CT molecular complexity index is 1350. The predicted molar refractivity (Wildman–Crippen MR) is 142 cm³/mol. The Morgan fingerprint density at radius 2 is 1.78 bits per heavy atom. The number of ether oxygens (including phenoxy) is 3. The fourth-order valence-electron chi connectivity index (χ4n) is 3.43. The average molecular weight is 521 g/mol. The number of benzene rings is 3. The third-order valence-corrected chi connectivity index (χ3v) is 6.46. The highest BCUT2D eigenvalue weighted by Crippen LogP contribution is 2.35. The number of thioether (sulfide) groups is 1. The Labute approximate surface area is 218 Å². The second-order valence-electron chi connectivity index (χ2n) is 7.96. The van der Waals surface area contributed by atoms with Gasteiger partial charge in [-0.15, -0.1) is 0 Å². The normalized spacial score (nSPS) is 15.4. The van der Waals surface area contributed by atoms with Gasteiger partial charge < -0.3 is 14.2 Å². The van der Waals surface area contributed by atoms with E-state index in [1.54, 1.807) is 68.6 Å². The second-order valence-corrected chi connectivity index (χ2v) is 8.97. The molecule has 7 nitrogen and oxygen atoms in total. The molecule has 1 amide bonds. The Hall–Kier alpha value is -4.11. The molecule has 0 bridgehead atoms. The number of methoxy groups -OCH3 is 1. The van der Waals surface area contributed by atoms with Gasteiger partial charge in [-0.05, 0) is 84.4 Å². The van der Waals surface area contributed by atoms with E-state index >= 15 is 0 Å². The van der Waals surface area contributed by atoms with Gasteiger partial charge in [-0.3, -0.25) is 9.69 Å². The molecule has 1 aliphatic heterocycles. The first kappa shape index (κ1) is 26.0. The molecule has 3 aromatic rings. The lowest BCUT2D eigenvalue weighted by Gasteiger charge is -2.11. The number of halogens is 1. The zero-order valence-electron chi connectivity index (χ0n) is 20.6. The van der Waals surface area contributed by atoms with E-state index < -0.39 is 5.97 Å². The van der Waals surface area contributed by atoms with Crippen molar-refractivity contribution in [1.29, 1.82) is 0 Å². The maximum absolute atomic E-state index is 13.1. The number of amidine groups is 1. The summed E-state index contributed by atoms with van der Waals surface area (Å²) < 4.78 is 29.4. The first-order chi connectivity index (χ1) is 17.9. The molecular formula is C28H25FN2O5S. The molecular weight excluding hydrogens is 495 g/mol. The second kappa shape index (κ2) is 11.7. The minimum atomic E-state index is -0.392. The van der Waals surface area contributed by atoms with Gasteiger partial charge in [0, 0.05) is 7.05 Å². The van der Waals surface area contributed by atoms with Crippen molar-refractivity contribution in [3.05, 3.63) is 94.1 Å². The lowest BCUT2D eigenvalue weighted by molar-refractivity contribution is -0.121. The van der Waals surface area contributed by atoms with Crippen LogP contribution in [0.4, 0.5) is 10.1 Å². The van der Waals surface area contributed by atoms with Crippen molar-refractivity contribution >= 4 is 40.6 Å². The van der Waals surface area contributed by atoms with Gasteiger partial charge in [0.25, 0.3) is 5.91 Å². The maximum atomic E-state index is 13.1. The number of hydrogen-bond donors (Lipinski definition) is 0. The summed E-state index contributed by atoms with van der Waals surface area (Å²) in [6.45, 7) is 2.32. The smallest absolute Gasteiger partial charge is 0.338 e. The molecule has 9 heteroatoms. The van der Waals surface area contributed by atoms with Crippen LogP contribution in [0.25, 0.3) is 6.08 Å². The summed E-state index contributed by atoms with van der Waals surface area (Å²) in [5, 5.41) is 0.520. The molecule has 0 atom stereocenters. The fourth-order valence-corrected chi connectivity index (χ4v) is 4.42. The zero-order chi connectivity index (χ0) is 26.4. The van der Waals surface area contributed by atoms with Gasteiger partial charge in [-0.1, -0.05) is 18.2 Å². The van der Waals surface area contributed by atoms with Gasteiger partial charge in [-0.2, -0.15) is 0 Å². The average Bonchev–Trinajstić information content (AvgIpc) is 3.16. The zero-order valence-corrected chi connectivity index (χ0v) is 21.4. The molecule has 1 saturated heterocycles. The van der Waals surface area contributed by atoms with Crippen LogP contribution in [-0.2, 0) is 16.1 Å². The number of likely N-dealkylation sites (N-methyl/N-ethyl adjacent to an activating group) is 1. The monoisotopic (exact) mass is 520 g/mol. The van der Waals surface area contributed by atoms with Crippen molar-refractivity contribution < 1.29 is 28.2 Å². The molecule has 0 spiro atoms. The minimum Gasteiger partial charge on any atom is -0.493 e. The van der Waals surface area contributed by atoms with Crippen molar-refractivity contribution in [2.24, 2.45) is 4.99 Å². The summed E-state index contributed by atoms with van der Waals surface area (Å²) in [7, 11) is 3.20. The van der Waals surface area contributed by atoms with E-state index in [0.717, 1.165) is 11.1 Å². The number of carbonyl (C=O) groups is 2. The lowest BCUT2D eigenvalue weighted by atomic mass is 10.2. The Balaban J connectivity index is 1.48. The molecule has 37 heavy (non-hydrogen) atoms. The SMILES string of the molecule is CCOC(=O)c1ccc(N=C2S/C(=C\c3ccc(OCc4ccc(F)cc4)c(OC)c3)C(=O)N2C)cc1. The summed E-state index contributed by atoms with van der Waals surface area (Å²) in [6.07, 6.45) is 1.77. The van der Waals surface area contributed by atoms with Crippen molar-refractivity contribution in [3.63, 3.8) is 0 Å². The number of carbonyl (C=O) groups excluding carboxylic acids is 2. The van der Waals surface area contributed by atoms with E-state index in [1.807, 2.05) is 6.07 Å². The van der Waals surface area contributed by atoms with Crippen LogP contribution in [0.3, 0.4) is 0 Å². The van der Waals surface area contributed by atoms with Gasteiger partial charge in [-0.25, -0.2) is 14.2 Å². The largest absolute Gasteiger partial charge is 0.493 e. The van der Waals surface area contributed by atoms with Gasteiger partial charge >= 0.3 is 5.97 Å². The number of hydrogen-bond acceptors (Lipinski definition) is 7. The van der Waals surface area contributed by atoms with Crippen LogP contribution in [0.2, 0.25) is 0 Å². The lowest BCUT2D eigenvalue weighted by Crippen LogP contribution is -2.23. The molecule has 0 aromatic heterocycles. The highest BCUT2D eigenvalue weighted by atomic mass is 32.2. The molecule has 1 fully saturated rings. The Kier molecular flexibility index (Phi) is 8.25. The molecule has 0 unspecified atom stereocenters. The quantitative estimate of drug-likeness (QED) is 0.275. The summed E-state index contributed by atoms with van der Waals surface area (Å²) in [5.74, 6) is 0.170. The third kappa shape index (κ3) is 6.37. The third-order valence-electron chi connectivity index (χ3n) is 5.40. The molecule has 0 saturated carbocycles. The van der Waals surface area contributed by atoms with Crippen molar-refractivity contribution in [2.45, 2.75) is 13.5 Å². The minimum absolute atomic E-state index is 0.178. The molecule has 4 rings (SSSR count). The first-order valence-electron chi connectivity index (χ1n) is 11.5. The maximum Gasteiger partial charge on any atom is 0.338 e. The fraction of sp³-hybridized carbons (Fsp3) is 0.179. The molecule has 0 radical (unpaired) electrons. The van der Waals surface area contributed by atoms with Crippen LogP contribution in [0.15, 0.2) is 76.6 Å². The van der Waals surface area contributed by atoms with Crippen LogP contribution < -0.4 is 9.47 Å². The van der Waals surface area contributed by atoms with E-state index in [-0.39, 0.29) is 18.3 Å². The molecule has 0 aliphatic carbocycles. The molecule has 1 aliphatic rings. The summed E-state index contributed by atoms with van der Waals surface area (Å²) in [5.41, 5.74) is 2.64. The summed E-state index contributed by atoms with van der Waals surface area (Å²) >= 11 is 1.25. The van der Waals surface area contributed by atoms with Crippen LogP contribution in [0, 0.1) is 5.82 Å². The number of nitrogens with zero attached hydrogens (tertiary/aromatic N) is 2. The van der Waals surface area contributed by atoms with E-state index in [2.05, 4.69) is 4.99 Å². The number of amides is 1. The number of esters is 1. The molecule has 0 N–H and O–H groups in total. The van der Waals surface area contributed by atoms with E-state index in [0.29, 0.717) is 39.4 Å². The first-order valence-corrected chi connectivity index (χ1v) is 12.3. The van der Waals surface area contributed by atoms with Crippen LogP contribution in [-0.4, -0.2) is 42.7 Å². The van der Waals surface area contributed by atoms with Crippen molar-refractivity contribution in [3.8, 4) is 11.5 Å². The van der Waals surface area contributed by atoms with Gasteiger partial charge in [0.15, 0.2) is 16.7 Å². The van der Waals surface area contributed by atoms with Crippen LogP contribution >= 0.6 is 11.8 Å². The van der Waals surface area contributed by atoms with Gasteiger partial charge in [0.2, 0.25) is 0 Å². The Morgan fingerprint density at radius 1 is 1.05 bits per heavy atom. The molecule has 190 valence electrons. The summed E-state index contributed by atoms with van der Waals surface area (Å²) in [6, 6.07) is 18.2. The number of rotatable bonds is 8. The molecule has 3 aromatic carbocycles. The Morgan fingerprint density at radius 3 is 2.46 bits per heavy atom. The van der Waals surface area contributed by atoms with Gasteiger partial charge in [0.05, 0.1) is 29.9 Å². The van der Waals surface area contributed by atoms with Crippen LogP contribution in [0.1, 0.15) is 28.4 Å². The van der Waals surface area contributed by atoms with Crippen molar-refractivity contribution in [1.82, 2.24) is 4.90 Å².